The Balaban J connectivity index is 2.41. The summed E-state index contributed by atoms with van der Waals surface area (Å²) in [5.74, 6) is 0.990. The largest absolute Gasteiger partial charge is 0.467 e. The third kappa shape index (κ3) is 1.82. The lowest BCUT2D eigenvalue weighted by atomic mass is 9.92. The van der Waals surface area contributed by atoms with Crippen molar-refractivity contribution in [3.8, 4) is 11.5 Å². The van der Waals surface area contributed by atoms with E-state index in [9.17, 15) is 4.79 Å². The molecule has 1 aliphatic rings. The van der Waals surface area contributed by atoms with Crippen LogP contribution in [-0.2, 0) is 15.1 Å². The summed E-state index contributed by atoms with van der Waals surface area (Å²) in [6, 6.07) is 5.40. The third-order valence-corrected chi connectivity index (χ3v) is 3.04. The molecule has 0 aliphatic carbocycles. The number of rotatable bonds is 3. The van der Waals surface area contributed by atoms with Gasteiger partial charge in [0, 0.05) is 0 Å². The number of carbonyl (C=O) groups excluding carboxylic acids is 1. The molecule has 0 spiro atoms. The highest BCUT2D eigenvalue weighted by Gasteiger charge is 2.35. The molecule has 1 aliphatic heterocycles. The number of methoxy groups -OCH3 is 1. The lowest BCUT2D eigenvalue weighted by Crippen LogP contribution is -2.45. The van der Waals surface area contributed by atoms with Gasteiger partial charge in [-0.15, -0.1) is 0 Å². The highest BCUT2D eigenvalue weighted by molar-refractivity contribution is 5.82. The molecular weight excluding hydrogens is 222 g/mol. The first-order valence-corrected chi connectivity index (χ1v) is 5.29. The third-order valence-electron chi connectivity index (χ3n) is 3.04. The fourth-order valence-corrected chi connectivity index (χ4v) is 1.78. The molecule has 1 atom stereocenters. The lowest BCUT2D eigenvalue weighted by Gasteiger charge is -2.26. The molecule has 0 bridgehead atoms. The molecule has 5 nitrogen and oxygen atoms in total. The summed E-state index contributed by atoms with van der Waals surface area (Å²) in [6.07, 6.45) is 0. The molecule has 1 N–H and O–H groups in total. The van der Waals surface area contributed by atoms with Crippen LogP contribution in [0.3, 0.4) is 0 Å². The van der Waals surface area contributed by atoms with Crippen LogP contribution in [0.4, 0.5) is 0 Å². The SMILES string of the molecule is CNC(C)(C(=O)OC)c1ccc2c(c1)OCO2. The van der Waals surface area contributed by atoms with E-state index < -0.39 is 5.54 Å². The normalized spacial score (nSPS) is 16.4. The molecule has 1 aromatic carbocycles. The smallest absolute Gasteiger partial charge is 0.330 e. The first-order chi connectivity index (χ1) is 8.11. The van der Waals surface area contributed by atoms with Gasteiger partial charge in [0.25, 0.3) is 0 Å². The monoisotopic (exact) mass is 237 g/mol. The van der Waals surface area contributed by atoms with Gasteiger partial charge < -0.3 is 19.5 Å². The van der Waals surface area contributed by atoms with Crippen LogP contribution in [0.25, 0.3) is 0 Å². The summed E-state index contributed by atoms with van der Waals surface area (Å²) < 4.78 is 15.3. The Labute approximate surface area is 99.7 Å². The Bertz CT molecular complexity index is 446. The average molecular weight is 237 g/mol. The second-order valence-corrected chi connectivity index (χ2v) is 3.93. The molecular formula is C12H15NO4. The predicted octanol–water partition coefficient (Wildman–Crippen LogP) is 1.02. The summed E-state index contributed by atoms with van der Waals surface area (Å²) in [4.78, 5) is 11.8. The van der Waals surface area contributed by atoms with Crippen molar-refractivity contribution in [2.45, 2.75) is 12.5 Å². The Hall–Kier alpha value is -1.75. The number of ether oxygens (including phenoxy) is 3. The van der Waals surface area contributed by atoms with Crippen molar-refractivity contribution >= 4 is 5.97 Å². The molecule has 0 radical (unpaired) electrons. The Morgan fingerprint density at radius 3 is 2.76 bits per heavy atom. The molecule has 17 heavy (non-hydrogen) atoms. The van der Waals surface area contributed by atoms with Crippen LogP contribution in [0.5, 0.6) is 11.5 Å². The summed E-state index contributed by atoms with van der Waals surface area (Å²) in [6.45, 7) is 1.98. The maximum absolute atomic E-state index is 11.8. The maximum atomic E-state index is 11.8. The van der Waals surface area contributed by atoms with Gasteiger partial charge in [-0.05, 0) is 31.7 Å². The van der Waals surface area contributed by atoms with E-state index in [1.165, 1.54) is 7.11 Å². The summed E-state index contributed by atoms with van der Waals surface area (Å²) >= 11 is 0. The average Bonchev–Trinajstić information content (AvgIpc) is 2.83. The van der Waals surface area contributed by atoms with Crippen molar-refractivity contribution in [2.24, 2.45) is 0 Å². The van der Waals surface area contributed by atoms with Crippen molar-refractivity contribution < 1.29 is 19.0 Å². The highest BCUT2D eigenvalue weighted by Crippen LogP contribution is 2.35. The first-order valence-electron chi connectivity index (χ1n) is 5.29. The fraction of sp³-hybridized carbons (Fsp3) is 0.417. The molecule has 0 amide bonds. The zero-order valence-corrected chi connectivity index (χ0v) is 10.1. The second-order valence-electron chi connectivity index (χ2n) is 3.93. The zero-order valence-electron chi connectivity index (χ0n) is 10.1. The van der Waals surface area contributed by atoms with Crippen molar-refractivity contribution in [2.75, 3.05) is 21.0 Å². The summed E-state index contributed by atoms with van der Waals surface area (Å²) in [5.41, 5.74) is -0.119. The van der Waals surface area contributed by atoms with E-state index in [0.717, 1.165) is 5.56 Å². The van der Waals surface area contributed by atoms with E-state index in [1.807, 2.05) is 6.07 Å². The minimum Gasteiger partial charge on any atom is -0.467 e. The lowest BCUT2D eigenvalue weighted by molar-refractivity contribution is -0.148. The molecule has 0 fully saturated rings. The van der Waals surface area contributed by atoms with Gasteiger partial charge in [0.15, 0.2) is 11.5 Å². The molecule has 2 rings (SSSR count). The van der Waals surface area contributed by atoms with Gasteiger partial charge >= 0.3 is 5.97 Å². The fourth-order valence-electron chi connectivity index (χ4n) is 1.78. The number of nitrogens with one attached hydrogen (secondary N) is 1. The Morgan fingerprint density at radius 1 is 1.41 bits per heavy atom. The van der Waals surface area contributed by atoms with E-state index in [2.05, 4.69) is 5.32 Å². The number of fused-ring (bicyclic) bond motifs is 1. The van der Waals surface area contributed by atoms with E-state index in [1.54, 1.807) is 26.1 Å². The summed E-state index contributed by atoms with van der Waals surface area (Å²) in [7, 11) is 3.08. The van der Waals surface area contributed by atoms with E-state index in [4.69, 9.17) is 14.2 Å². The molecule has 5 heteroatoms. The first kappa shape index (κ1) is 11.7. The van der Waals surface area contributed by atoms with Crippen molar-refractivity contribution in [3.05, 3.63) is 23.8 Å². The van der Waals surface area contributed by atoms with Crippen LogP contribution in [0.2, 0.25) is 0 Å². The zero-order chi connectivity index (χ0) is 12.5. The highest BCUT2D eigenvalue weighted by atomic mass is 16.7. The summed E-state index contributed by atoms with van der Waals surface area (Å²) in [5, 5.41) is 2.97. The van der Waals surface area contributed by atoms with Crippen molar-refractivity contribution in [3.63, 3.8) is 0 Å². The van der Waals surface area contributed by atoms with Gasteiger partial charge in [-0.25, -0.2) is 4.79 Å². The minimum absolute atomic E-state index is 0.216. The standard InChI is InChI=1S/C12H15NO4/c1-12(13-2,11(14)15-3)8-4-5-9-10(6-8)17-7-16-9/h4-6,13H,7H2,1-3H3. The number of hydrogen-bond acceptors (Lipinski definition) is 5. The number of hydrogen-bond donors (Lipinski definition) is 1. The van der Waals surface area contributed by atoms with Crippen LogP contribution >= 0.6 is 0 Å². The van der Waals surface area contributed by atoms with Crippen LogP contribution in [0.1, 0.15) is 12.5 Å². The topological polar surface area (TPSA) is 56.8 Å². The van der Waals surface area contributed by atoms with Crippen LogP contribution in [0.15, 0.2) is 18.2 Å². The van der Waals surface area contributed by atoms with Crippen molar-refractivity contribution in [1.29, 1.82) is 0 Å². The van der Waals surface area contributed by atoms with Crippen LogP contribution in [-0.4, -0.2) is 26.9 Å². The van der Waals surface area contributed by atoms with Crippen LogP contribution < -0.4 is 14.8 Å². The van der Waals surface area contributed by atoms with Crippen molar-refractivity contribution in [1.82, 2.24) is 5.32 Å². The Kier molecular flexibility index (Phi) is 2.93. The predicted molar refractivity (Wildman–Crippen MR) is 61.0 cm³/mol. The number of carbonyl (C=O) groups is 1. The molecule has 1 heterocycles. The second kappa shape index (κ2) is 4.25. The van der Waals surface area contributed by atoms with Gasteiger partial charge in [0.2, 0.25) is 6.79 Å². The van der Waals surface area contributed by atoms with Crippen LogP contribution in [0, 0.1) is 0 Å². The molecule has 92 valence electrons. The molecule has 0 aromatic heterocycles. The molecule has 0 saturated carbocycles. The molecule has 1 aromatic rings. The Morgan fingerprint density at radius 2 is 2.12 bits per heavy atom. The van der Waals surface area contributed by atoms with Gasteiger partial charge in [-0.3, -0.25) is 0 Å². The molecule has 0 saturated heterocycles. The van der Waals surface area contributed by atoms with Gasteiger partial charge in [0.05, 0.1) is 7.11 Å². The number of esters is 1. The molecule has 1 unspecified atom stereocenters. The van der Waals surface area contributed by atoms with E-state index in [0.29, 0.717) is 11.5 Å². The van der Waals surface area contributed by atoms with E-state index in [-0.39, 0.29) is 12.8 Å². The van der Waals surface area contributed by atoms with E-state index >= 15 is 0 Å². The van der Waals surface area contributed by atoms with Gasteiger partial charge in [-0.2, -0.15) is 0 Å². The number of benzene rings is 1. The van der Waals surface area contributed by atoms with Gasteiger partial charge in [-0.1, -0.05) is 6.07 Å². The quantitative estimate of drug-likeness (QED) is 0.795. The number of likely N-dealkylation sites (N-methyl/N-ethyl adjacent to an activating group) is 1. The van der Waals surface area contributed by atoms with Gasteiger partial charge in [0.1, 0.15) is 5.54 Å². The maximum Gasteiger partial charge on any atom is 0.330 e. The minimum atomic E-state index is -0.893.